The molecule has 2 heterocycles. The van der Waals surface area contributed by atoms with E-state index in [9.17, 15) is 4.79 Å². The maximum atomic E-state index is 12.3. The first kappa shape index (κ1) is 16.5. The van der Waals surface area contributed by atoms with Crippen molar-refractivity contribution in [3.05, 3.63) is 59.5 Å². The summed E-state index contributed by atoms with van der Waals surface area (Å²) in [6.45, 7) is 1.34. The lowest BCUT2D eigenvalue weighted by Gasteiger charge is -2.31. The van der Waals surface area contributed by atoms with E-state index >= 15 is 0 Å². The molecule has 0 spiro atoms. The zero-order valence-corrected chi connectivity index (χ0v) is 13.9. The second kappa shape index (κ2) is 7.93. The Kier molecular flexibility index (Phi) is 5.43. The summed E-state index contributed by atoms with van der Waals surface area (Å²) in [4.78, 5) is 22.0. The molecule has 1 saturated heterocycles. The molecule has 3 rings (SSSR count). The number of carbonyl (C=O) groups excluding carboxylic acids is 1. The predicted octanol–water partition coefficient (Wildman–Crippen LogP) is 3.21. The molecule has 1 aromatic carbocycles. The third-order valence-electron chi connectivity index (χ3n) is 3.91. The van der Waals surface area contributed by atoms with Gasteiger partial charge in [0.15, 0.2) is 0 Å². The number of piperidine rings is 1. The second-order valence-electron chi connectivity index (χ2n) is 5.54. The zero-order valence-electron chi connectivity index (χ0n) is 13.1. The first-order chi connectivity index (χ1) is 11.7. The molecular weight excluding hydrogens is 326 g/mol. The minimum absolute atomic E-state index is 0.00425. The average Bonchev–Trinajstić information content (AvgIpc) is 2.62. The van der Waals surface area contributed by atoms with Gasteiger partial charge in [0.05, 0.1) is 0 Å². The summed E-state index contributed by atoms with van der Waals surface area (Å²) < 4.78 is 5.80. The summed E-state index contributed by atoms with van der Waals surface area (Å²) in [6, 6.07) is 9.19. The number of hydrogen-bond donors (Lipinski definition) is 0. The molecular formula is C18H18ClN3O2. The minimum Gasteiger partial charge on any atom is -0.474 e. The number of likely N-dealkylation sites (tertiary alicyclic amines) is 1. The van der Waals surface area contributed by atoms with Gasteiger partial charge in [-0.1, -0.05) is 29.8 Å². The van der Waals surface area contributed by atoms with Gasteiger partial charge in [0, 0.05) is 49.3 Å². The van der Waals surface area contributed by atoms with Gasteiger partial charge in [-0.3, -0.25) is 4.79 Å². The molecule has 0 atom stereocenters. The van der Waals surface area contributed by atoms with Crippen LogP contribution in [0.4, 0.5) is 0 Å². The van der Waals surface area contributed by atoms with Crippen molar-refractivity contribution in [3.63, 3.8) is 0 Å². The van der Waals surface area contributed by atoms with E-state index in [0.29, 0.717) is 24.0 Å². The summed E-state index contributed by atoms with van der Waals surface area (Å²) in [7, 11) is 0. The molecule has 1 aromatic heterocycles. The Balaban J connectivity index is 1.51. The molecule has 0 bridgehead atoms. The number of aromatic nitrogens is 2. The van der Waals surface area contributed by atoms with Gasteiger partial charge in [-0.15, -0.1) is 0 Å². The quantitative estimate of drug-likeness (QED) is 0.800. The van der Waals surface area contributed by atoms with E-state index in [1.54, 1.807) is 24.4 Å². The highest BCUT2D eigenvalue weighted by Crippen LogP contribution is 2.18. The van der Waals surface area contributed by atoms with E-state index in [1.807, 2.05) is 29.2 Å². The minimum atomic E-state index is -0.00425. The molecule has 1 aliphatic rings. The van der Waals surface area contributed by atoms with E-state index in [4.69, 9.17) is 16.3 Å². The van der Waals surface area contributed by atoms with Crippen molar-refractivity contribution in [1.29, 1.82) is 0 Å². The van der Waals surface area contributed by atoms with Crippen LogP contribution in [-0.2, 0) is 4.79 Å². The summed E-state index contributed by atoms with van der Waals surface area (Å²) in [6.07, 6.45) is 8.11. The molecule has 1 fully saturated rings. The van der Waals surface area contributed by atoms with Crippen LogP contribution in [0.3, 0.4) is 0 Å². The molecule has 5 nitrogen and oxygen atoms in total. The van der Waals surface area contributed by atoms with Crippen LogP contribution in [0.2, 0.25) is 5.02 Å². The van der Waals surface area contributed by atoms with Gasteiger partial charge < -0.3 is 9.64 Å². The van der Waals surface area contributed by atoms with Gasteiger partial charge >= 0.3 is 0 Å². The van der Waals surface area contributed by atoms with Gasteiger partial charge in [-0.25, -0.2) is 9.97 Å². The van der Waals surface area contributed by atoms with Crippen molar-refractivity contribution in [3.8, 4) is 5.88 Å². The Morgan fingerprint density at radius 1 is 1.25 bits per heavy atom. The van der Waals surface area contributed by atoms with E-state index in [1.165, 1.54) is 6.33 Å². The third-order valence-corrected chi connectivity index (χ3v) is 4.25. The molecule has 1 amide bonds. The van der Waals surface area contributed by atoms with Crippen LogP contribution in [0.1, 0.15) is 18.4 Å². The Morgan fingerprint density at radius 2 is 2.04 bits per heavy atom. The number of nitrogens with zero attached hydrogens (tertiary/aromatic N) is 3. The molecule has 0 radical (unpaired) electrons. The monoisotopic (exact) mass is 343 g/mol. The fourth-order valence-corrected chi connectivity index (χ4v) is 2.79. The van der Waals surface area contributed by atoms with Crippen LogP contribution in [0.5, 0.6) is 5.88 Å². The van der Waals surface area contributed by atoms with Crippen molar-refractivity contribution < 1.29 is 9.53 Å². The number of benzene rings is 1. The predicted molar refractivity (Wildman–Crippen MR) is 92.7 cm³/mol. The average molecular weight is 344 g/mol. The largest absolute Gasteiger partial charge is 0.474 e. The van der Waals surface area contributed by atoms with Crippen LogP contribution < -0.4 is 4.74 Å². The summed E-state index contributed by atoms with van der Waals surface area (Å²) in [5.41, 5.74) is 0.842. The standard InChI is InChI=1S/C18H18ClN3O2/c19-16-4-2-1-3-14(16)5-6-18(23)22-11-8-15(9-12-22)24-17-7-10-20-13-21-17/h1-7,10,13,15H,8-9,11-12H2/b6-5+. The van der Waals surface area contributed by atoms with Crippen molar-refractivity contribution in [1.82, 2.24) is 14.9 Å². The third kappa shape index (κ3) is 4.32. The summed E-state index contributed by atoms with van der Waals surface area (Å²) in [5.74, 6) is 0.573. The van der Waals surface area contributed by atoms with Gasteiger partial charge in [-0.2, -0.15) is 0 Å². The highest BCUT2D eigenvalue weighted by molar-refractivity contribution is 6.32. The molecule has 6 heteroatoms. The van der Waals surface area contributed by atoms with Crippen LogP contribution in [0, 0.1) is 0 Å². The summed E-state index contributed by atoms with van der Waals surface area (Å²) in [5, 5.41) is 0.638. The molecule has 2 aromatic rings. The normalized spacial score (nSPS) is 15.6. The SMILES string of the molecule is O=C(/C=C/c1ccccc1Cl)N1CCC(Oc2ccncn2)CC1. The molecule has 0 unspecified atom stereocenters. The van der Waals surface area contributed by atoms with E-state index < -0.39 is 0 Å². The molecule has 24 heavy (non-hydrogen) atoms. The Labute approximate surface area is 145 Å². The lowest BCUT2D eigenvalue weighted by Crippen LogP contribution is -2.41. The Morgan fingerprint density at radius 3 is 2.75 bits per heavy atom. The number of amides is 1. The van der Waals surface area contributed by atoms with Gasteiger partial charge in [-0.05, 0) is 17.7 Å². The van der Waals surface area contributed by atoms with Crippen molar-refractivity contribution >= 4 is 23.6 Å². The van der Waals surface area contributed by atoms with E-state index in [-0.39, 0.29) is 12.0 Å². The number of hydrogen-bond acceptors (Lipinski definition) is 4. The Bertz CT molecular complexity index is 713. The number of carbonyl (C=O) groups is 1. The van der Waals surface area contributed by atoms with Crippen molar-refractivity contribution in [2.45, 2.75) is 18.9 Å². The molecule has 0 saturated carbocycles. The highest BCUT2D eigenvalue weighted by atomic mass is 35.5. The number of rotatable bonds is 4. The van der Waals surface area contributed by atoms with E-state index in [0.717, 1.165) is 18.4 Å². The van der Waals surface area contributed by atoms with Crippen LogP contribution in [-0.4, -0.2) is 40.0 Å². The van der Waals surface area contributed by atoms with Crippen molar-refractivity contribution in [2.24, 2.45) is 0 Å². The first-order valence-corrected chi connectivity index (χ1v) is 8.24. The number of halogens is 1. The Hall–Kier alpha value is -2.40. The van der Waals surface area contributed by atoms with Gasteiger partial charge in [0.1, 0.15) is 12.4 Å². The molecule has 0 N–H and O–H groups in total. The molecule has 0 aliphatic carbocycles. The number of ether oxygens (including phenoxy) is 1. The lowest BCUT2D eigenvalue weighted by molar-refractivity contribution is -0.127. The van der Waals surface area contributed by atoms with Crippen LogP contribution >= 0.6 is 11.6 Å². The fraction of sp³-hybridized carbons (Fsp3) is 0.278. The van der Waals surface area contributed by atoms with Crippen molar-refractivity contribution in [2.75, 3.05) is 13.1 Å². The lowest BCUT2D eigenvalue weighted by atomic mass is 10.1. The maximum Gasteiger partial charge on any atom is 0.246 e. The van der Waals surface area contributed by atoms with E-state index in [2.05, 4.69) is 9.97 Å². The van der Waals surface area contributed by atoms with Gasteiger partial charge in [0.25, 0.3) is 0 Å². The van der Waals surface area contributed by atoms with Crippen LogP contribution in [0.15, 0.2) is 48.9 Å². The summed E-state index contributed by atoms with van der Waals surface area (Å²) >= 11 is 6.09. The maximum absolute atomic E-state index is 12.3. The van der Waals surface area contributed by atoms with Gasteiger partial charge in [0.2, 0.25) is 11.8 Å². The zero-order chi connectivity index (χ0) is 16.8. The molecule has 124 valence electrons. The molecule has 1 aliphatic heterocycles. The smallest absolute Gasteiger partial charge is 0.246 e. The second-order valence-corrected chi connectivity index (χ2v) is 5.95. The fourth-order valence-electron chi connectivity index (χ4n) is 2.59. The first-order valence-electron chi connectivity index (χ1n) is 7.86. The highest BCUT2D eigenvalue weighted by Gasteiger charge is 2.23. The topological polar surface area (TPSA) is 55.3 Å². The van der Waals surface area contributed by atoms with Crippen LogP contribution in [0.25, 0.3) is 6.08 Å².